The van der Waals surface area contributed by atoms with Crippen molar-refractivity contribution in [2.75, 3.05) is 98.6 Å². The molecule has 26 atom stereocenters. The van der Waals surface area contributed by atoms with Crippen molar-refractivity contribution < 1.29 is 168 Å². The summed E-state index contributed by atoms with van der Waals surface area (Å²) in [6.45, 7) is -4.82. The Kier molecular flexibility index (Phi) is 41.2. The summed E-state index contributed by atoms with van der Waals surface area (Å²) in [5, 5.41) is 189. The van der Waals surface area contributed by atoms with Gasteiger partial charge < -0.3 is 166 Å². The molecule has 42 heteroatoms. The summed E-state index contributed by atoms with van der Waals surface area (Å²) >= 11 is 0. The maximum atomic E-state index is 13.3. The SMILES string of the molecule is O=C[C@H](Cc1ccccc1)NNC(=O)CCCCCNC(=O)CN(CC(=O)NCCCCCC(=O)NCCO[C@H]1O[C@H](CO[C@H]2O[C@H](CO)[C@@H](O)[C@H](O)[C@@H]2O)[C@@H](O)[C@H](O)[C@@H]1O)CC(=O)NCCCCCC(=O)NCCO[C@H]1O[C@H](CO[C@H]2O[C@H](CO)[C@@H](O)[C@H](O)[C@@H]2O)[C@@H](O)[C@H](O[C@H]2O[C@H](CO)[C@@H](O)[C@H](O)[C@@H]2O)[C@@H]1O. The minimum Gasteiger partial charge on any atom is -0.394 e. The van der Waals surface area contributed by atoms with E-state index in [4.69, 9.17) is 47.4 Å². The molecule has 5 aliphatic heterocycles. The molecule has 0 bridgehead atoms. The number of aliphatic hydroxyl groups is 17. The van der Waals surface area contributed by atoms with Crippen LogP contribution in [0, 0.1) is 0 Å². The molecule has 42 nitrogen and oxygen atoms in total. The number of aldehydes is 1. The van der Waals surface area contributed by atoms with Gasteiger partial charge in [-0.2, -0.15) is 0 Å². The number of carbonyl (C=O) groups excluding carboxylic acids is 7. The molecule has 0 unspecified atom stereocenters. The Hall–Kier alpha value is -5.45. The molecule has 6 amide bonds. The minimum atomic E-state index is -1.97. The summed E-state index contributed by atoms with van der Waals surface area (Å²) < 4.78 is 55.4. The predicted octanol–water partition coefficient (Wildman–Crippen LogP) is -11.9. The van der Waals surface area contributed by atoms with Gasteiger partial charge in [0.2, 0.25) is 35.4 Å². The molecular weight excluding hydrogens is 1460 g/mol. The van der Waals surface area contributed by atoms with E-state index in [1.54, 1.807) is 0 Å². The number of nitrogens with one attached hydrogen (secondary N) is 7. The average molecular weight is 1570 g/mol. The third-order valence-electron chi connectivity index (χ3n) is 18.6. The van der Waals surface area contributed by atoms with Gasteiger partial charge in [0, 0.05) is 52.0 Å². The van der Waals surface area contributed by atoms with E-state index < -0.39 is 216 Å². The van der Waals surface area contributed by atoms with Crippen molar-refractivity contribution >= 4 is 41.7 Å². The zero-order valence-electron chi connectivity index (χ0n) is 60.3. The van der Waals surface area contributed by atoms with Gasteiger partial charge in [-0.1, -0.05) is 49.6 Å². The van der Waals surface area contributed by atoms with Crippen LogP contribution in [0.5, 0.6) is 0 Å². The molecule has 5 fully saturated rings. The molecule has 24 N–H and O–H groups in total. The van der Waals surface area contributed by atoms with Gasteiger partial charge in [0.1, 0.15) is 128 Å². The quantitative estimate of drug-likeness (QED) is 0.0164. The molecule has 6 rings (SSSR count). The van der Waals surface area contributed by atoms with Crippen LogP contribution < -0.4 is 37.4 Å². The standard InChI is InChI=1S/C67H112N8O34/c76-29-36(25-35-13-5-1-6-14-35)73-74-44(82)17-9-4-12-20-70-47(85)28-75(26-45(83)68-18-10-2-7-15-42(80)71-21-23-100-63-57(95)56(94)51(89)40(107-63)33-102-64-58(96)53(91)48(86)37(30-77)104-64)27-46(84)69-19-11-3-8-16-43(81)72-22-24-101-66-61(99)62(109-67-60(98)55(93)50(88)39(32-79)106-67)52(90)41(108-66)34-103-65-59(97)54(92)49(87)38(31-78)105-65/h1,5-6,13-14,29,36-41,48-67,73,77-79,86-99H,2-4,7-12,15-28,30-34H2,(H,68,83)(H,69,84)(H,70,85)(H,71,80)(H,72,81)(H,74,82)/t36-,37+,38+,39+,40+,41+,48+,49+,50+,51+,52+,53-,54-,55-,56-,57-,58-,59-,60-,61-,62-,63-,64-,65-,66-,67+/m0/s1. The normalized spacial score (nSPS) is 33.0. The lowest BCUT2D eigenvalue weighted by atomic mass is 9.96. The van der Waals surface area contributed by atoms with Gasteiger partial charge in [0.05, 0.1) is 71.9 Å². The third kappa shape index (κ3) is 29.8. The molecule has 0 spiro atoms. The maximum Gasteiger partial charge on any atom is 0.234 e. The van der Waals surface area contributed by atoms with E-state index in [0.29, 0.717) is 70.5 Å². The number of hydrogen-bond donors (Lipinski definition) is 24. The Balaban J connectivity index is 0.893. The average Bonchev–Trinajstić information content (AvgIpc) is 0.803. The first kappa shape index (κ1) is 92.4. The molecule has 5 saturated heterocycles. The molecule has 1 aromatic rings. The van der Waals surface area contributed by atoms with E-state index >= 15 is 0 Å². The van der Waals surface area contributed by atoms with Gasteiger partial charge in [0.25, 0.3) is 0 Å². The first-order chi connectivity index (χ1) is 52.2. The summed E-state index contributed by atoms with van der Waals surface area (Å²) in [5.74, 6) is -2.59. The van der Waals surface area contributed by atoms with E-state index in [1.807, 2.05) is 30.3 Å². The van der Waals surface area contributed by atoms with Gasteiger partial charge in [-0.25, -0.2) is 5.43 Å². The predicted molar refractivity (Wildman–Crippen MR) is 366 cm³/mol. The summed E-state index contributed by atoms with van der Waals surface area (Å²) in [6.07, 6.45) is -36.7. The Morgan fingerprint density at radius 2 is 0.734 bits per heavy atom. The second-order valence-electron chi connectivity index (χ2n) is 27.1. The van der Waals surface area contributed by atoms with Gasteiger partial charge in [-0.15, -0.1) is 0 Å². The fourth-order valence-electron chi connectivity index (χ4n) is 12.2. The van der Waals surface area contributed by atoms with Crippen LogP contribution in [0.1, 0.15) is 82.6 Å². The number of nitrogens with zero attached hydrogens (tertiary/aromatic N) is 1. The molecule has 5 aliphatic rings. The van der Waals surface area contributed by atoms with E-state index in [0.717, 1.165) is 5.56 Å². The first-order valence-electron chi connectivity index (χ1n) is 36.5. The lowest BCUT2D eigenvalue weighted by Gasteiger charge is -2.46. The van der Waals surface area contributed by atoms with Crippen molar-refractivity contribution in [2.24, 2.45) is 0 Å². The monoisotopic (exact) mass is 1570 g/mol. The van der Waals surface area contributed by atoms with Gasteiger partial charge in [-0.05, 0) is 50.5 Å². The van der Waals surface area contributed by atoms with Crippen LogP contribution in [-0.4, -0.2) is 392 Å². The van der Waals surface area contributed by atoms with Crippen LogP contribution in [0.15, 0.2) is 30.3 Å². The Labute approximate surface area is 627 Å². The zero-order chi connectivity index (χ0) is 79.7. The van der Waals surface area contributed by atoms with Crippen LogP contribution in [0.3, 0.4) is 0 Å². The molecule has 1 aromatic carbocycles. The van der Waals surface area contributed by atoms with Crippen LogP contribution in [0.4, 0.5) is 0 Å². The molecule has 0 aromatic heterocycles. The number of ether oxygens (including phenoxy) is 10. The number of carbonyl (C=O) groups is 7. The van der Waals surface area contributed by atoms with Crippen LogP contribution >= 0.6 is 0 Å². The molecule has 109 heavy (non-hydrogen) atoms. The van der Waals surface area contributed by atoms with Crippen LogP contribution in [0.25, 0.3) is 0 Å². The van der Waals surface area contributed by atoms with Crippen LogP contribution in [-0.2, 0) is 87.4 Å². The summed E-state index contributed by atoms with van der Waals surface area (Å²) in [6, 6.07) is 8.64. The van der Waals surface area contributed by atoms with Crippen molar-refractivity contribution in [3.05, 3.63) is 35.9 Å². The summed E-state index contributed by atoms with van der Waals surface area (Å²) in [5.41, 5.74) is 6.20. The highest BCUT2D eigenvalue weighted by atomic mass is 16.8. The fourth-order valence-corrected chi connectivity index (χ4v) is 12.2. The lowest BCUT2D eigenvalue weighted by Crippen LogP contribution is -2.65. The van der Waals surface area contributed by atoms with Crippen molar-refractivity contribution in [2.45, 2.75) is 243 Å². The number of hydrazine groups is 1. The number of unbranched alkanes of at least 4 members (excludes halogenated alkanes) is 6. The van der Waals surface area contributed by atoms with Gasteiger partial charge in [-0.3, -0.25) is 39.1 Å². The van der Waals surface area contributed by atoms with Gasteiger partial charge in [0.15, 0.2) is 31.5 Å². The minimum absolute atomic E-state index is 0.0281. The molecule has 5 heterocycles. The smallest absolute Gasteiger partial charge is 0.234 e. The van der Waals surface area contributed by atoms with E-state index in [9.17, 15) is 120 Å². The molecule has 0 saturated carbocycles. The summed E-state index contributed by atoms with van der Waals surface area (Å²) in [7, 11) is 0. The van der Waals surface area contributed by atoms with Crippen molar-refractivity contribution in [1.29, 1.82) is 0 Å². The topological polar surface area (TPSA) is 643 Å². The Bertz CT molecular complexity index is 2840. The Morgan fingerprint density at radius 3 is 1.15 bits per heavy atom. The van der Waals surface area contributed by atoms with E-state index in [-0.39, 0.29) is 96.6 Å². The third-order valence-corrected chi connectivity index (χ3v) is 18.6. The zero-order valence-corrected chi connectivity index (χ0v) is 60.3. The van der Waals surface area contributed by atoms with Crippen LogP contribution in [0.2, 0.25) is 0 Å². The first-order valence-corrected chi connectivity index (χ1v) is 36.5. The number of amides is 6. The van der Waals surface area contributed by atoms with Gasteiger partial charge >= 0.3 is 0 Å². The lowest BCUT2D eigenvalue weighted by molar-refractivity contribution is -0.366. The maximum absolute atomic E-state index is 13.3. The Morgan fingerprint density at radius 1 is 0.385 bits per heavy atom. The number of hydrogen-bond acceptors (Lipinski definition) is 36. The summed E-state index contributed by atoms with van der Waals surface area (Å²) in [4.78, 5) is 90.7. The molecule has 624 valence electrons. The molecular formula is C67H112N8O34. The van der Waals surface area contributed by atoms with E-state index in [1.165, 1.54) is 4.90 Å². The second kappa shape index (κ2) is 48.6. The number of benzene rings is 1. The fraction of sp³-hybridized carbons (Fsp3) is 0.806. The van der Waals surface area contributed by atoms with Crippen molar-refractivity contribution in [3.63, 3.8) is 0 Å². The highest BCUT2D eigenvalue weighted by Crippen LogP contribution is 2.32. The number of aliphatic hydroxyl groups excluding tert-OH is 17. The van der Waals surface area contributed by atoms with E-state index in [2.05, 4.69) is 37.4 Å². The van der Waals surface area contributed by atoms with Crippen molar-refractivity contribution in [1.82, 2.24) is 42.3 Å². The number of rotatable bonds is 48. The highest BCUT2D eigenvalue weighted by Gasteiger charge is 2.53. The highest BCUT2D eigenvalue weighted by molar-refractivity contribution is 5.84. The molecule has 0 radical (unpaired) electrons. The molecule has 0 aliphatic carbocycles. The van der Waals surface area contributed by atoms with Crippen molar-refractivity contribution in [3.8, 4) is 0 Å². The largest absolute Gasteiger partial charge is 0.394 e. The second-order valence-corrected chi connectivity index (χ2v) is 27.1.